The second kappa shape index (κ2) is 6.94. The number of hydrogen-bond acceptors (Lipinski definition) is 4. The summed E-state index contributed by atoms with van der Waals surface area (Å²) in [4.78, 5) is 15.3. The van der Waals surface area contributed by atoms with Crippen LogP contribution in [0.5, 0.6) is 5.75 Å². The van der Waals surface area contributed by atoms with E-state index in [2.05, 4.69) is 15.2 Å². The van der Waals surface area contributed by atoms with Gasteiger partial charge in [-0.25, -0.2) is 18.2 Å². The highest BCUT2D eigenvalue weighted by atomic mass is 35.5. The highest BCUT2D eigenvalue weighted by molar-refractivity contribution is 6.30. The lowest BCUT2D eigenvalue weighted by molar-refractivity contribution is 0.0836. The first kappa shape index (κ1) is 20.1. The molecule has 0 spiro atoms. The zero-order chi connectivity index (χ0) is 21.8. The first-order valence-electron chi connectivity index (χ1n) is 8.74. The summed E-state index contributed by atoms with van der Waals surface area (Å²) in [7, 11) is 1.57. The molecular formula is C20H14ClF3N4O2. The van der Waals surface area contributed by atoms with Crippen molar-refractivity contribution >= 4 is 23.7 Å². The summed E-state index contributed by atoms with van der Waals surface area (Å²) in [6, 6.07) is 4.40. The number of aliphatic imine (C=N–C) groups is 1. The molecule has 0 fully saturated rings. The first-order chi connectivity index (χ1) is 14.1. The quantitative estimate of drug-likeness (QED) is 0.608. The van der Waals surface area contributed by atoms with Gasteiger partial charge in [-0.2, -0.15) is 0 Å². The molecule has 0 aliphatic carbocycles. The molecule has 0 radical (unpaired) electrons. The van der Waals surface area contributed by atoms with Crippen LogP contribution in [0.1, 0.15) is 35.6 Å². The monoisotopic (exact) mass is 434 g/mol. The van der Waals surface area contributed by atoms with Gasteiger partial charge in [0.2, 0.25) is 0 Å². The highest BCUT2D eigenvalue weighted by Gasteiger charge is 2.33. The van der Waals surface area contributed by atoms with Gasteiger partial charge in [-0.05, 0) is 38.1 Å². The Balaban J connectivity index is 1.73. The van der Waals surface area contributed by atoms with Crippen molar-refractivity contribution in [3.05, 3.63) is 63.7 Å². The van der Waals surface area contributed by atoms with Gasteiger partial charge in [-0.3, -0.25) is 4.79 Å². The Labute approximate surface area is 174 Å². The maximum atomic E-state index is 14.6. The van der Waals surface area contributed by atoms with Gasteiger partial charge in [0, 0.05) is 23.8 Å². The first-order valence-corrected chi connectivity index (χ1v) is 9.12. The normalized spacial score (nSPS) is 13.1. The molecule has 0 atom stereocenters. The van der Waals surface area contributed by atoms with Gasteiger partial charge in [-0.15, -0.1) is 10.2 Å². The van der Waals surface area contributed by atoms with E-state index in [1.807, 2.05) is 0 Å². The second-order valence-electron chi connectivity index (χ2n) is 7.20. The molecule has 1 amide bonds. The summed E-state index contributed by atoms with van der Waals surface area (Å²) in [6.45, 7) is 3.08. The zero-order valence-corrected chi connectivity index (χ0v) is 16.8. The van der Waals surface area contributed by atoms with Crippen molar-refractivity contribution in [3.8, 4) is 17.1 Å². The molecule has 2 aromatic carbocycles. The van der Waals surface area contributed by atoms with Gasteiger partial charge in [0.1, 0.15) is 5.82 Å². The number of hydrogen-bond donors (Lipinski definition) is 0. The third-order valence-electron chi connectivity index (χ3n) is 4.67. The molecule has 6 nitrogen and oxygen atoms in total. The van der Waals surface area contributed by atoms with Crippen molar-refractivity contribution in [1.29, 1.82) is 0 Å². The van der Waals surface area contributed by atoms with Gasteiger partial charge in [0.15, 0.2) is 34.6 Å². The number of fused-ring (bicyclic) bond motifs is 1. The molecule has 154 valence electrons. The number of amides is 1. The van der Waals surface area contributed by atoms with Crippen molar-refractivity contribution in [3.63, 3.8) is 0 Å². The van der Waals surface area contributed by atoms with Gasteiger partial charge >= 0.3 is 0 Å². The summed E-state index contributed by atoms with van der Waals surface area (Å²) in [5.41, 5.74) is -0.617. The lowest BCUT2D eigenvalue weighted by Crippen LogP contribution is -2.30. The van der Waals surface area contributed by atoms with E-state index >= 15 is 0 Å². The van der Waals surface area contributed by atoms with Crippen LogP contribution in [0.15, 0.2) is 29.3 Å². The van der Waals surface area contributed by atoms with E-state index in [4.69, 9.17) is 16.3 Å². The molecule has 0 saturated heterocycles. The molecule has 0 bridgehead atoms. The molecule has 1 aliphatic rings. The molecular weight excluding hydrogens is 421 g/mol. The SMILES string of the molecule is Cn1c(-c2cc3c(cc2F)C(=O)N=C3)nnc1C(C)(C)Oc1c(F)cc(Cl)cc1F. The highest BCUT2D eigenvalue weighted by Crippen LogP contribution is 2.34. The molecule has 2 heterocycles. The van der Waals surface area contributed by atoms with E-state index < -0.39 is 34.7 Å². The number of nitrogens with zero attached hydrogens (tertiary/aromatic N) is 4. The number of carbonyl (C=O) groups excluding carboxylic acids is 1. The van der Waals surface area contributed by atoms with Crippen molar-refractivity contribution in [2.75, 3.05) is 0 Å². The van der Waals surface area contributed by atoms with Gasteiger partial charge in [-0.1, -0.05) is 11.6 Å². The molecule has 3 aromatic rings. The van der Waals surface area contributed by atoms with Crippen LogP contribution in [0.3, 0.4) is 0 Å². The summed E-state index contributed by atoms with van der Waals surface area (Å²) >= 11 is 5.64. The molecule has 1 aromatic heterocycles. The summed E-state index contributed by atoms with van der Waals surface area (Å²) < 4.78 is 50.0. The smallest absolute Gasteiger partial charge is 0.277 e. The molecule has 0 saturated carbocycles. The topological polar surface area (TPSA) is 69.4 Å². The third kappa shape index (κ3) is 3.24. The van der Waals surface area contributed by atoms with Crippen LogP contribution in [-0.2, 0) is 12.6 Å². The lowest BCUT2D eigenvalue weighted by atomic mass is 10.0. The Morgan fingerprint density at radius 1 is 1.00 bits per heavy atom. The number of rotatable bonds is 4. The number of ether oxygens (including phenoxy) is 1. The minimum atomic E-state index is -1.33. The predicted molar refractivity (Wildman–Crippen MR) is 103 cm³/mol. The van der Waals surface area contributed by atoms with E-state index in [9.17, 15) is 18.0 Å². The van der Waals surface area contributed by atoms with Gasteiger partial charge in [0.05, 0.1) is 11.1 Å². The summed E-state index contributed by atoms with van der Waals surface area (Å²) in [5, 5.41) is 7.94. The van der Waals surface area contributed by atoms with E-state index in [-0.39, 0.29) is 27.8 Å². The Morgan fingerprint density at radius 2 is 1.67 bits per heavy atom. The van der Waals surface area contributed by atoms with Crippen LogP contribution in [0.4, 0.5) is 13.2 Å². The Morgan fingerprint density at radius 3 is 2.33 bits per heavy atom. The van der Waals surface area contributed by atoms with Crippen LogP contribution in [-0.4, -0.2) is 26.9 Å². The van der Waals surface area contributed by atoms with Crippen LogP contribution in [0.2, 0.25) is 5.02 Å². The van der Waals surface area contributed by atoms with Crippen molar-refractivity contribution in [1.82, 2.24) is 14.8 Å². The standard InChI is InChI=1S/C20H14ClF3N4O2/c1-20(2,30-16-14(23)5-10(21)6-15(16)24)19-27-26-17(28(19)3)12-4-9-8-25-18(29)11(9)7-13(12)22/h4-8H,1-3H3. The molecule has 10 heteroatoms. The largest absolute Gasteiger partial charge is 0.474 e. The second-order valence-corrected chi connectivity index (χ2v) is 7.64. The van der Waals surface area contributed by atoms with E-state index in [0.717, 1.165) is 18.2 Å². The average molecular weight is 435 g/mol. The maximum Gasteiger partial charge on any atom is 0.277 e. The van der Waals surface area contributed by atoms with E-state index in [1.54, 1.807) is 20.9 Å². The lowest BCUT2D eigenvalue weighted by Gasteiger charge is -2.26. The molecule has 0 unspecified atom stereocenters. The fraction of sp³-hybridized carbons (Fsp3) is 0.200. The Kier molecular flexibility index (Phi) is 4.65. The third-order valence-corrected chi connectivity index (χ3v) is 4.88. The van der Waals surface area contributed by atoms with Crippen molar-refractivity contribution < 1.29 is 22.7 Å². The predicted octanol–water partition coefficient (Wildman–Crippen LogP) is 4.44. The summed E-state index contributed by atoms with van der Waals surface area (Å²) in [5.74, 6) is -3.41. The molecule has 30 heavy (non-hydrogen) atoms. The van der Waals surface area contributed by atoms with Crippen LogP contribution in [0.25, 0.3) is 11.4 Å². The van der Waals surface area contributed by atoms with Crippen LogP contribution in [0, 0.1) is 17.5 Å². The maximum absolute atomic E-state index is 14.6. The Bertz CT molecular complexity index is 1210. The number of carbonyl (C=O) groups is 1. The minimum Gasteiger partial charge on any atom is -0.474 e. The molecule has 1 aliphatic heterocycles. The molecule has 0 N–H and O–H groups in total. The van der Waals surface area contributed by atoms with Gasteiger partial charge in [0.25, 0.3) is 5.91 Å². The number of halogens is 4. The average Bonchev–Trinajstić information content (AvgIpc) is 3.21. The molecule has 4 rings (SSSR count). The van der Waals surface area contributed by atoms with E-state index in [1.165, 1.54) is 16.8 Å². The Hall–Kier alpha value is -3.20. The summed E-state index contributed by atoms with van der Waals surface area (Å²) in [6.07, 6.45) is 1.34. The zero-order valence-electron chi connectivity index (χ0n) is 16.0. The van der Waals surface area contributed by atoms with Gasteiger partial charge < -0.3 is 9.30 Å². The fourth-order valence-electron chi connectivity index (χ4n) is 3.27. The van der Waals surface area contributed by atoms with E-state index in [0.29, 0.717) is 5.56 Å². The van der Waals surface area contributed by atoms with Crippen LogP contribution >= 0.6 is 11.6 Å². The fourth-order valence-corrected chi connectivity index (χ4v) is 3.46. The van der Waals surface area contributed by atoms with Crippen molar-refractivity contribution in [2.45, 2.75) is 19.4 Å². The van der Waals surface area contributed by atoms with Crippen molar-refractivity contribution in [2.24, 2.45) is 12.0 Å². The number of benzene rings is 2. The number of aromatic nitrogens is 3. The minimum absolute atomic E-state index is 0.0933. The van der Waals surface area contributed by atoms with Crippen LogP contribution < -0.4 is 4.74 Å².